The molecule has 0 atom stereocenters. The number of carbonyl (C=O) groups excluding carboxylic acids is 1. The SMILES string of the molecule is CBC(=O)CN1CCCN(CC(=O)O)CCN(CC(=O)O)CCCN(CC(=O)O)CC1. The van der Waals surface area contributed by atoms with Gasteiger partial charge in [-0.2, -0.15) is 0 Å². The highest BCUT2D eigenvalue weighted by Gasteiger charge is 2.19. The molecule has 0 aromatic heterocycles. The molecule has 0 unspecified atom stereocenters. The predicted octanol–water partition coefficient (Wildman–Crippen LogP) is -1.75. The number of nitrogens with zero attached hydrogens (tertiary/aromatic N) is 4. The first-order chi connectivity index (χ1) is 14.7. The fourth-order valence-corrected chi connectivity index (χ4v) is 3.62. The van der Waals surface area contributed by atoms with E-state index in [9.17, 15) is 29.4 Å². The quantitative estimate of drug-likeness (QED) is 0.350. The number of carboxylic acid groups (broad SMARTS) is 3. The van der Waals surface area contributed by atoms with Gasteiger partial charge in [-0.15, -0.1) is 0 Å². The zero-order valence-corrected chi connectivity index (χ0v) is 18.4. The molecule has 12 heteroatoms. The fourth-order valence-electron chi connectivity index (χ4n) is 3.62. The molecular weight excluding hydrogens is 407 g/mol. The molecule has 0 amide bonds. The van der Waals surface area contributed by atoms with E-state index in [1.807, 2.05) is 9.80 Å². The van der Waals surface area contributed by atoms with Crippen LogP contribution in [-0.4, -0.2) is 144 Å². The lowest BCUT2D eigenvalue weighted by atomic mass is 9.76. The van der Waals surface area contributed by atoms with Gasteiger partial charge in [-0.25, -0.2) is 0 Å². The van der Waals surface area contributed by atoms with Crippen LogP contribution in [0, 0.1) is 0 Å². The normalized spacial score (nSPS) is 19.4. The van der Waals surface area contributed by atoms with Crippen LogP contribution in [-0.2, 0) is 19.2 Å². The van der Waals surface area contributed by atoms with Crippen molar-refractivity contribution >= 4 is 30.9 Å². The minimum Gasteiger partial charge on any atom is -0.480 e. The van der Waals surface area contributed by atoms with Gasteiger partial charge in [0.25, 0.3) is 0 Å². The van der Waals surface area contributed by atoms with Crippen LogP contribution >= 0.6 is 0 Å². The Morgan fingerprint density at radius 1 is 0.581 bits per heavy atom. The zero-order valence-electron chi connectivity index (χ0n) is 18.4. The highest BCUT2D eigenvalue weighted by Crippen LogP contribution is 2.03. The van der Waals surface area contributed by atoms with Crippen molar-refractivity contribution in [3.63, 3.8) is 0 Å². The summed E-state index contributed by atoms with van der Waals surface area (Å²) < 4.78 is 0. The van der Waals surface area contributed by atoms with Gasteiger partial charge in [0.1, 0.15) is 5.68 Å². The van der Waals surface area contributed by atoms with E-state index in [1.165, 1.54) is 0 Å². The van der Waals surface area contributed by atoms with E-state index in [-0.39, 0.29) is 25.3 Å². The summed E-state index contributed by atoms with van der Waals surface area (Å²) in [7, 11) is 0.430. The van der Waals surface area contributed by atoms with Crippen LogP contribution in [0.3, 0.4) is 0 Å². The molecule has 0 bridgehead atoms. The molecule has 1 aliphatic heterocycles. The van der Waals surface area contributed by atoms with E-state index in [0.717, 1.165) is 0 Å². The maximum atomic E-state index is 12.0. The first kappa shape index (κ1) is 27.0. The Morgan fingerprint density at radius 2 is 0.871 bits per heavy atom. The molecule has 1 fully saturated rings. The molecule has 0 saturated carbocycles. The topological polar surface area (TPSA) is 142 Å². The van der Waals surface area contributed by atoms with Crippen molar-refractivity contribution in [3.8, 4) is 0 Å². The zero-order chi connectivity index (χ0) is 23.2. The summed E-state index contributed by atoms with van der Waals surface area (Å²) >= 11 is 0. The maximum Gasteiger partial charge on any atom is 0.317 e. The minimum atomic E-state index is -0.954. The van der Waals surface area contributed by atoms with Crippen molar-refractivity contribution in [1.29, 1.82) is 0 Å². The van der Waals surface area contributed by atoms with Gasteiger partial charge in [0, 0.05) is 52.4 Å². The van der Waals surface area contributed by atoms with Crippen molar-refractivity contribution in [2.75, 3.05) is 78.5 Å². The maximum absolute atomic E-state index is 12.0. The molecule has 0 spiro atoms. The van der Waals surface area contributed by atoms with Gasteiger partial charge in [-0.1, -0.05) is 6.82 Å². The summed E-state index contributed by atoms with van der Waals surface area (Å²) in [4.78, 5) is 53.0. The second-order valence-electron chi connectivity index (χ2n) is 7.89. The molecule has 176 valence electrons. The third kappa shape index (κ3) is 13.1. The molecule has 0 radical (unpaired) electrons. The average molecular weight is 442 g/mol. The summed E-state index contributed by atoms with van der Waals surface area (Å²) in [5, 5.41) is 27.6. The van der Waals surface area contributed by atoms with Crippen molar-refractivity contribution < 1.29 is 34.5 Å². The van der Waals surface area contributed by atoms with Crippen LogP contribution in [0.1, 0.15) is 12.8 Å². The summed E-state index contributed by atoms with van der Waals surface area (Å²) in [5.74, 6) is -2.82. The van der Waals surface area contributed by atoms with Gasteiger partial charge in [-0.05, 0) is 19.4 Å². The van der Waals surface area contributed by atoms with Crippen LogP contribution < -0.4 is 0 Å². The van der Waals surface area contributed by atoms with Crippen LogP contribution in [0.15, 0.2) is 0 Å². The highest BCUT2D eigenvalue weighted by atomic mass is 16.4. The second-order valence-corrected chi connectivity index (χ2v) is 7.89. The summed E-state index contributed by atoms with van der Waals surface area (Å²) in [6.07, 6.45) is 1.25. The molecular formula is C19H35BN4O7. The van der Waals surface area contributed by atoms with Crippen molar-refractivity contribution in [1.82, 2.24) is 19.6 Å². The molecule has 0 aromatic carbocycles. The molecule has 11 nitrogen and oxygen atoms in total. The lowest BCUT2D eigenvalue weighted by Gasteiger charge is -2.30. The lowest BCUT2D eigenvalue weighted by Crippen LogP contribution is -2.45. The summed E-state index contributed by atoms with van der Waals surface area (Å²) in [5.41, 5.74) is 0.109. The van der Waals surface area contributed by atoms with Gasteiger partial charge in [0.05, 0.1) is 19.6 Å². The van der Waals surface area contributed by atoms with Crippen molar-refractivity contribution in [2.45, 2.75) is 19.7 Å². The number of aliphatic carboxylic acids is 3. The van der Waals surface area contributed by atoms with Crippen LogP contribution in [0.25, 0.3) is 0 Å². The first-order valence-corrected chi connectivity index (χ1v) is 10.8. The van der Waals surface area contributed by atoms with E-state index in [2.05, 4.69) is 0 Å². The third-order valence-electron chi connectivity index (χ3n) is 5.23. The van der Waals surface area contributed by atoms with E-state index < -0.39 is 17.9 Å². The molecule has 0 aromatic rings. The van der Waals surface area contributed by atoms with E-state index in [0.29, 0.717) is 79.0 Å². The van der Waals surface area contributed by atoms with Gasteiger partial charge >= 0.3 is 17.9 Å². The van der Waals surface area contributed by atoms with Gasteiger partial charge in [-0.3, -0.25) is 34.0 Å². The Kier molecular flexibility index (Phi) is 13.0. The van der Waals surface area contributed by atoms with E-state index in [4.69, 9.17) is 5.11 Å². The van der Waals surface area contributed by atoms with Gasteiger partial charge in [0.2, 0.25) is 7.28 Å². The third-order valence-corrected chi connectivity index (χ3v) is 5.23. The summed E-state index contributed by atoms with van der Waals surface area (Å²) in [6, 6.07) is 0. The number of rotatable bonds is 9. The Labute approximate surface area is 183 Å². The largest absolute Gasteiger partial charge is 0.480 e. The molecule has 3 N–H and O–H groups in total. The number of hydrogen-bond acceptors (Lipinski definition) is 8. The molecule has 1 heterocycles. The highest BCUT2D eigenvalue weighted by molar-refractivity contribution is 6.73. The fraction of sp³-hybridized carbons (Fsp3) is 0.789. The molecule has 31 heavy (non-hydrogen) atoms. The standard InChI is InChI=1S/C19H35BN4O7/c1-20-16(25)12-21-4-2-5-23(14-18(28)29)10-11-24(15-19(30)31)7-3-6-22(9-8-21)13-17(26)27/h20H,2-15H2,1H3,(H,26,27)(H,28,29)(H,30,31). The molecule has 1 rings (SSSR count). The first-order valence-electron chi connectivity index (χ1n) is 10.8. The number of carboxylic acids is 3. The van der Waals surface area contributed by atoms with Gasteiger partial charge in [0.15, 0.2) is 0 Å². The smallest absolute Gasteiger partial charge is 0.317 e. The van der Waals surface area contributed by atoms with Crippen molar-refractivity contribution in [2.24, 2.45) is 0 Å². The molecule has 1 aliphatic rings. The van der Waals surface area contributed by atoms with E-state index in [1.54, 1.807) is 16.6 Å². The predicted molar refractivity (Wildman–Crippen MR) is 116 cm³/mol. The number of carbonyl (C=O) groups is 4. The molecule has 0 aliphatic carbocycles. The Bertz CT molecular complexity index is 608. The van der Waals surface area contributed by atoms with Crippen LogP contribution in [0.2, 0.25) is 6.82 Å². The van der Waals surface area contributed by atoms with Crippen LogP contribution in [0.5, 0.6) is 0 Å². The number of hydrogen-bond donors (Lipinski definition) is 3. The van der Waals surface area contributed by atoms with Crippen molar-refractivity contribution in [3.05, 3.63) is 0 Å². The Balaban J connectivity index is 2.90. The Morgan fingerprint density at radius 3 is 1.13 bits per heavy atom. The van der Waals surface area contributed by atoms with E-state index >= 15 is 0 Å². The minimum absolute atomic E-state index is 0.109. The monoisotopic (exact) mass is 442 g/mol. The lowest BCUT2D eigenvalue weighted by molar-refractivity contribution is -0.140. The average Bonchev–Trinajstić information content (AvgIpc) is 2.67. The summed E-state index contributed by atoms with van der Waals surface area (Å²) in [6.45, 7) is 5.67. The Hall–Kier alpha value is -2.02. The molecule has 1 saturated heterocycles. The second kappa shape index (κ2) is 14.9. The van der Waals surface area contributed by atoms with Crippen LogP contribution in [0.4, 0.5) is 0 Å². The van der Waals surface area contributed by atoms with Gasteiger partial charge < -0.3 is 20.1 Å².